The summed E-state index contributed by atoms with van der Waals surface area (Å²) in [6.45, 7) is 9.86. The van der Waals surface area contributed by atoms with Crippen molar-refractivity contribution in [3.05, 3.63) is 23.9 Å². The minimum atomic E-state index is 0.0688. The van der Waals surface area contributed by atoms with Gasteiger partial charge in [-0.1, -0.05) is 13.0 Å². The van der Waals surface area contributed by atoms with Crippen molar-refractivity contribution in [2.24, 2.45) is 0 Å². The molecule has 110 valence electrons. The minimum absolute atomic E-state index is 0.0688. The van der Waals surface area contributed by atoms with Crippen LogP contribution >= 0.6 is 11.5 Å². The van der Waals surface area contributed by atoms with E-state index in [9.17, 15) is 4.79 Å². The van der Waals surface area contributed by atoms with Crippen LogP contribution in [0, 0.1) is 6.92 Å². The monoisotopic (exact) mass is 294 g/mol. The van der Waals surface area contributed by atoms with E-state index in [0.29, 0.717) is 19.9 Å². The Balaban J connectivity index is 2.22. The third kappa shape index (κ3) is 2.86. The average molecular weight is 294 g/mol. The van der Waals surface area contributed by atoms with Crippen LogP contribution in [0.25, 0.3) is 0 Å². The normalized spacial score (nSPS) is 16.9. The minimum Gasteiger partial charge on any atom is -0.311 e. The molecule has 1 saturated heterocycles. The van der Waals surface area contributed by atoms with E-state index < -0.39 is 0 Å². The molecule has 5 nitrogen and oxygen atoms in total. The maximum absolute atomic E-state index is 12.6. The molecule has 2 amide bonds. The summed E-state index contributed by atoms with van der Waals surface area (Å²) in [5, 5.41) is 0.974. The van der Waals surface area contributed by atoms with Crippen molar-refractivity contribution < 1.29 is 4.79 Å². The van der Waals surface area contributed by atoms with E-state index in [0.717, 1.165) is 29.1 Å². The highest BCUT2D eigenvalue weighted by atomic mass is 32.1. The highest BCUT2D eigenvalue weighted by Crippen LogP contribution is 2.30. The van der Waals surface area contributed by atoms with Crippen LogP contribution in [0.4, 0.5) is 9.80 Å². The first-order valence-electron chi connectivity index (χ1n) is 6.89. The van der Waals surface area contributed by atoms with Gasteiger partial charge in [0.25, 0.3) is 0 Å². The quantitative estimate of drug-likeness (QED) is 0.784. The molecule has 0 spiro atoms. The Morgan fingerprint density at radius 3 is 2.80 bits per heavy atom. The fourth-order valence-electron chi connectivity index (χ4n) is 2.37. The number of urea groups is 1. The molecule has 1 aliphatic heterocycles. The molecular formula is C14H22N4OS. The first-order valence-corrected chi connectivity index (χ1v) is 7.66. The predicted octanol–water partition coefficient (Wildman–Crippen LogP) is 2.68. The van der Waals surface area contributed by atoms with E-state index in [4.69, 9.17) is 0 Å². The van der Waals surface area contributed by atoms with Gasteiger partial charge in [-0.15, -0.1) is 6.58 Å². The SMILES string of the molecule is C=CCCN1CN(C)CN(c2snc(CC)c2C)C1=O. The van der Waals surface area contributed by atoms with Gasteiger partial charge >= 0.3 is 6.03 Å². The van der Waals surface area contributed by atoms with Crippen LogP contribution in [0.3, 0.4) is 0 Å². The van der Waals surface area contributed by atoms with Crippen molar-refractivity contribution in [3.8, 4) is 0 Å². The van der Waals surface area contributed by atoms with Crippen molar-refractivity contribution >= 4 is 22.6 Å². The van der Waals surface area contributed by atoms with Gasteiger partial charge in [-0.3, -0.25) is 9.80 Å². The van der Waals surface area contributed by atoms with E-state index in [1.807, 2.05) is 29.8 Å². The molecule has 6 heteroatoms. The van der Waals surface area contributed by atoms with E-state index in [2.05, 4.69) is 22.8 Å². The molecule has 1 aromatic heterocycles. The lowest BCUT2D eigenvalue weighted by atomic mass is 10.2. The summed E-state index contributed by atoms with van der Waals surface area (Å²) in [4.78, 5) is 18.4. The molecule has 1 aromatic rings. The van der Waals surface area contributed by atoms with Crippen LogP contribution in [-0.4, -0.2) is 47.1 Å². The zero-order chi connectivity index (χ0) is 14.7. The van der Waals surface area contributed by atoms with Gasteiger partial charge in [0.1, 0.15) is 5.00 Å². The summed E-state index contributed by atoms with van der Waals surface area (Å²) < 4.78 is 4.45. The molecule has 1 fully saturated rings. The number of carbonyl (C=O) groups is 1. The van der Waals surface area contributed by atoms with Gasteiger partial charge in [0.15, 0.2) is 0 Å². The average Bonchev–Trinajstić information content (AvgIpc) is 2.80. The largest absolute Gasteiger partial charge is 0.327 e. The Hall–Kier alpha value is -1.40. The fourth-order valence-corrected chi connectivity index (χ4v) is 3.33. The van der Waals surface area contributed by atoms with Crippen LogP contribution in [0.5, 0.6) is 0 Å². The smallest absolute Gasteiger partial charge is 0.311 e. The molecule has 0 aliphatic carbocycles. The van der Waals surface area contributed by atoms with Gasteiger partial charge in [-0.25, -0.2) is 4.79 Å². The standard InChI is InChI=1S/C14H22N4OS/c1-5-7-8-17-9-16(4)10-18(14(17)19)13-11(3)12(6-2)15-20-13/h5H,1,6-10H2,2-4H3. The number of hydrogen-bond acceptors (Lipinski definition) is 4. The van der Waals surface area contributed by atoms with E-state index in [1.165, 1.54) is 11.5 Å². The number of hydrogen-bond donors (Lipinski definition) is 0. The number of aromatic nitrogens is 1. The summed E-state index contributed by atoms with van der Waals surface area (Å²) in [5.41, 5.74) is 2.22. The summed E-state index contributed by atoms with van der Waals surface area (Å²) in [7, 11) is 2.03. The maximum Gasteiger partial charge on any atom is 0.327 e. The Kier molecular flexibility index (Phi) is 4.77. The molecule has 0 N–H and O–H groups in total. The van der Waals surface area contributed by atoms with Crippen molar-refractivity contribution in [3.63, 3.8) is 0 Å². The summed E-state index contributed by atoms with van der Waals surface area (Å²) >= 11 is 1.42. The number of rotatable bonds is 5. The highest BCUT2D eigenvalue weighted by Gasteiger charge is 2.31. The summed E-state index contributed by atoms with van der Waals surface area (Å²) in [6.07, 6.45) is 3.56. The van der Waals surface area contributed by atoms with E-state index in [-0.39, 0.29) is 6.03 Å². The lowest BCUT2D eigenvalue weighted by molar-refractivity contribution is 0.134. The molecule has 0 aromatic carbocycles. The van der Waals surface area contributed by atoms with Gasteiger partial charge in [-0.2, -0.15) is 4.37 Å². The second-order valence-electron chi connectivity index (χ2n) is 5.10. The molecule has 0 unspecified atom stereocenters. The predicted molar refractivity (Wildman–Crippen MR) is 83.1 cm³/mol. The van der Waals surface area contributed by atoms with Crippen LogP contribution < -0.4 is 4.90 Å². The van der Waals surface area contributed by atoms with Gasteiger partial charge in [-0.05, 0) is 38.3 Å². The maximum atomic E-state index is 12.6. The fraction of sp³-hybridized carbons (Fsp3) is 0.571. The molecule has 1 aliphatic rings. The molecular weight excluding hydrogens is 272 g/mol. The molecule has 0 bridgehead atoms. The molecule has 0 atom stereocenters. The van der Waals surface area contributed by atoms with Gasteiger partial charge < -0.3 is 4.90 Å². The zero-order valence-electron chi connectivity index (χ0n) is 12.4. The second kappa shape index (κ2) is 6.37. The van der Waals surface area contributed by atoms with Crippen LogP contribution in [0.2, 0.25) is 0 Å². The third-order valence-electron chi connectivity index (χ3n) is 3.48. The van der Waals surface area contributed by atoms with Gasteiger partial charge in [0.2, 0.25) is 0 Å². The van der Waals surface area contributed by atoms with Crippen molar-refractivity contribution in [2.45, 2.75) is 26.7 Å². The lowest BCUT2D eigenvalue weighted by Crippen LogP contribution is -2.57. The summed E-state index contributed by atoms with van der Waals surface area (Å²) in [6, 6.07) is 0.0688. The topological polar surface area (TPSA) is 39.7 Å². The van der Waals surface area contributed by atoms with Crippen LogP contribution in [0.1, 0.15) is 24.6 Å². The van der Waals surface area contributed by atoms with Crippen molar-refractivity contribution in [1.29, 1.82) is 0 Å². The Labute approximate surface area is 124 Å². The van der Waals surface area contributed by atoms with Crippen LogP contribution in [0.15, 0.2) is 12.7 Å². The zero-order valence-corrected chi connectivity index (χ0v) is 13.2. The lowest BCUT2D eigenvalue weighted by Gasteiger charge is -2.40. The second-order valence-corrected chi connectivity index (χ2v) is 5.86. The molecule has 0 radical (unpaired) electrons. The van der Waals surface area contributed by atoms with Gasteiger partial charge in [0, 0.05) is 12.1 Å². The number of anilines is 1. The third-order valence-corrected chi connectivity index (χ3v) is 4.49. The molecule has 2 heterocycles. The van der Waals surface area contributed by atoms with Crippen molar-refractivity contribution in [2.75, 3.05) is 31.8 Å². The molecule has 0 saturated carbocycles. The Morgan fingerprint density at radius 2 is 2.20 bits per heavy atom. The van der Waals surface area contributed by atoms with Gasteiger partial charge in [0.05, 0.1) is 19.0 Å². The Bertz CT molecular complexity index is 499. The van der Waals surface area contributed by atoms with E-state index >= 15 is 0 Å². The van der Waals surface area contributed by atoms with Crippen molar-refractivity contribution in [1.82, 2.24) is 14.2 Å². The number of nitrogens with zero attached hydrogens (tertiary/aromatic N) is 4. The van der Waals surface area contributed by atoms with E-state index in [1.54, 1.807) is 0 Å². The number of aryl methyl sites for hydroxylation is 1. The Morgan fingerprint density at radius 1 is 1.45 bits per heavy atom. The molecule has 2 rings (SSSR count). The van der Waals surface area contributed by atoms with Crippen LogP contribution in [-0.2, 0) is 6.42 Å². The number of carbonyl (C=O) groups excluding carboxylic acids is 1. The highest BCUT2D eigenvalue weighted by molar-refractivity contribution is 7.10. The first-order chi connectivity index (χ1) is 9.58. The first kappa shape index (κ1) is 15.0. The number of amides is 2. The summed E-state index contributed by atoms with van der Waals surface area (Å²) in [5.74, 6) is 0. The molecule has 20 heavy (non-hydrogen) atoms.